The van der Waals surface area contributed by atoms with Gasteiger partial charge in [-0.15, -0.1) is 13.2 Å². The Kier molecular flexibility index (Phi) is 11.6. The van der Waals surface area contributed by atoms with Crippen LogP contribution in [0.3, 0.4) is 0 Å². The Balaban J connectivity index is 0.00000238. The molecule has 0 saturated heterocycles. The Morgan fingerprint density at radius 1 is 0.644 bits per heavy atom. The maximum Gasteiger partial charge on any atom is 0.0541 e. The molecule has 0 N–H and O–H groups in total. The van der Waals surface area contributed by atoms with Gasteiger partial charge in [-0.25, -0.2) is 0 Å². The minimum absolute atomic E-state index is 0.193. The first-order chi connectivity index (χ1) is 29.0. The number of para-hydroxylation sites is 2. The van der Waals surface area contributed by atoms with Crippen LogP contribution in [0.1, 0.15) is 72.4 Å². The van der Waals surface area contributed by atoms with Crippen LogP contribution in [0, 0.1) is 5.92 Å². The Morgan fingerprint density at radius 3 is 1.86 bits per heavy atom. The fourth-order valence-electron chi connectivity index (χ4n) is 9.27. The van der Waals surface area contributed by atoms with Crippen LogP contribution >= 0.6 is 0 Å². The minimum atomic E-state index is 0.193. The molecule has 8 aromatic rings. The number of benzene rings is 7. The van der Waals surface area contributed by atoms with Crippen molar-refractivity contribution in [3.8, 4) is 16.8 Å². The fraction of sp³-hybridized carbons (Fsp3) is 0.138. The van der Waals surface area contributed by atoms with E-state index in [9.17, 15) is 0 Å². The number of nitrogens with zero attached hydrogens (tertiary/aromatic N) is 1. The Morgan fingerprint density at radius 2 is 1.20 bits per heavy atom. The van der Waals surface area contributed by atoms with E-state index in [1.165, 1.54) is 83.1 Å². The van der Waals surface area contributed by atoms with Gasteiger partial charge in [-0.2, -0.15) is 0 Å². The quantitative estimate of drug-likeness (QED) is 0.102. The van der Waals surface area contributed by atoms with Gasteiger partial charge in [-0.3, -0.25) is 0 Å². The fourth-order valence-corrected chi connectivity index (χ4v) is 9.27. The Labute approximate surface area is 351 Å². The molecule has 59 heavy (non-hydrogen) atoms. The molecule has 7 aromatic carbocycles. The average Bonchev–Trinajstić information content (AvgIpc) is 3.58. The highest BCUT2D eigenvalue weighted by Gasteiger charge is 2.29. The highest BCUT2D eigenvalue weighted by atomic mass is 15.0. The number of fused-ring (bicyclic) bond motifs is 6. The summed E-state index contributed by atoms with van der Waals surface area (Å²) in [7, 11) is 0. The zero-order valence-corrected chi connectivity index (χ0v) is 34.6. The van der Waals surface area contributed by atoms with Crippen molar-refractivity contribution in [1.29, 1.82) is 0 Å². The van der Waals surface area contributed by atoms with Gasteiger partial charge >= 0.3 is 0 Å². The van der Waals surface area contributed by atoms with Crippen molar-refractivity contribution in [2.75, 3.05) is 0 Å². The summed E-state index contributed by atoms with van der Waals surface area (Å²) in [6.45, 7) is 17.6. The monoisotopic (exact) mass is 763 g/mol. The summed E-state index contributed by atoms with van der Waals surface area (Å²) in [5.74, 6) is 0.781. The molecule has 0 radical (unpaired) electrons. The first-order valence-corrected chi connectivity index (χ1v) is 21.0. The van der Waals surface area contributed by atoms with Crippen molar-refractivity contribution in [2.24, 2.45) is 5.92 Å². The lowest BCUT2D eigenvalue weighted by Gasteiger charge is -2.26. The lowest BCUT2D eigenvalue weighted by atomic mass is 9.79. The van der Waals surface area contributed by atoms with E-state index < -0.39 is 0 Å². The van der Waals surface area contributed by atoms with Crippen LogP contribution in [0.4, 0.5) is 0 Å². The highest BCUT2D eigenvalue weighted by Crippen LogP contribution is 2.46. The zero-order valence-electron chi connectivity index (χ0n) is 34.6. The van der Waals surface area contributed by atoms with Crippen LogP contribution in [-0.2, 0) is 6.42 Å². The number of rotatable bonds is 9. The van der Waals surface area contributed by atoms with Crippen LogP contribution in [0.15, 0.2) is 208 Å². The van der Waals surface area contributed by atoms with Crippen LogP contribution in [0.25, 0.3) is 55.3 Å². The van der Waals surface area contributed by atoms with Crippen LogP contribution in [-0.4, -0.2) is 4.57 Å². The second kappa shape index (κ2) is 17.4. The summed E-state index contributed by atoms with van der Waals surface area (Å²) in [6, 6.07) is 64.7. The lowest BCUT2D eigenvalue weighted by molar-refractivity contribution is 0.579. The van der Waals surface area contributed by atoms with E-state index in [1.54, 1.807) is 0 Å². The predicted molar refractivity (Wildman–Crippen MR) is 256 cm³/mol. The summed E-state index contributed by atoms with van der Waals surface area (Å²) < 4.78 is 2.49. The second-order valence-corrected chi connectivity index (χ2v) is 15.7. The van der Waals surface area contributed by atoms with Gasteiger partial charge in [0, 0.05) is 22.4 Å². The van der Waals surface area contributed by atoms with Crippen molar-refractivity contribution in [3.05, 3.63) is 241 Å². The van der Waals surface area contributed by atoms with E-state index >= 15 is 0 Å². The molecule has 1 heteroatoms. The first kappa shape index (κ1) is 39.1. The molecule has 9 rings (SSSR count). The van der Waals surface area contributed by atoms with Gasteiger partial charge in [0.25, 0.3) is 0 Å². The molecular formula is C58H53N. The number of hydrogen-bond acceptors (Lipinski definition) is 0. The SMILES string of the molecule is C=C.C=C(c1ccccc1)C(/C=C(\C=C(/C)c1cc(C2Cc3ccccc3-c3ccccc3[C@@H]2C)cc(-n2c3ccccc3c3ccccc32)c1)c1ccccc1)CC. The van der Waals surface area contributed by atoms with E-state index in [1.807, 2.05) is 0 Å². The molecule has 1 heterocycles. The van der Waals surface area contributed by atoms with E-state index in [0.717, 1.165) is 18.4 Å². The smallest absolute Gasteiger partial charge is 0.0541 e. The molecule has 0 bridgehead atoms. The molecule has 290 valence electrons. The van der Waals surface area contributed by atoms with Gasteiger partial charge < -0.3 is 4.57 Å². The third-order valence-electron chi connectivity index (χ3n) is 12.4. The van der Waals surface area contributed by atoms with Gasteiger partial charge in [0.05, 0.1) is 11.0 Å². The first-order valence-electron chi connectivity index (χ1n) is 21.0. The largest absolute Gasteiger partial charge is 0.309 e. The molecule has 1 nitrogen and oxygen atoms in total. The number of allylic oxidation sites excluding steroid dienone is 5. The summed E-state index contributed by atoms with van der Waals surface area (Å²) in [4.78, 5) is 0. The normalized spacial score (nSPS) is 15.7. The summed E-state index contributed by atoms with van der Waals surface area (Å²) >= 11 is 0. The van der Waals surface area contributed by atoms with Gasteiger partial charge in [0.1, 0.15) is 0 Å². The van der Waals surface area contributed by atoms with E-state index in [0.29, 0.717) is 5.92 Å². The van der Waals surface area contributed by atoms with Crippen molar-refractivity contribution >= 4 is 38.5 Å². The standard InChI is InChI=1S/C56H49N.C2H4/c1-5-41(39(3)42-20-8-6-9-21-42)33-46(43-22-10-7-11-23-43)32-38(2)45-34-47(54-37-44-24-12-13-26-50(44)51-27-15-14-25-49(51)40(54)4)36-48(35-45)57-55-30-18-16-28-52(55)53-29-17-19-31-56(53)57;1-2/h6-36,40-41,54H,3,5,37H2,1-2,4H3;1-2H2/b38-32+,46-33+;/t40-,41?,54?;/m0./s1. The van der Waals surface area contributed by atoms with Gasteiger partial charge in [0.2, 0.25) is 0 Å². The van der Waals surface area contributed by atoms with Gasteiger partial charge in [0.15, 0.2) is 0 Å². The molecule has 0 saturated carbocycles. The Hall–Kier alpha value is -6.70. The second-order valence-electron chi connectivity index (χ2n) is 15.7. The molecule has 1 aliphatic carbocycles. The molecule has 2 unspecified atom stereocenters. The van der Waals surface area contributed by atoms with E-state index in [2.05, 4.69) is 233 Å². The van der Waals surface area contributed by atoms with Crippen LogP contribution in [0.5, 0.6) is 0 Å². The highest BCUT2D eigenvalue weighted by molar-refractivity contribution is 6.09. The number of aromatic nitrogens is 1. The summed E-state index contributed by atoms with van der Waals surface area (Å²) in [6.07, 6.45) is 6.78. The number of hydrogen-bond donors (Lipinski definition) is 0. The van der Waals surface area contributed by atoms with Crippen molar-refractivity contribution < 1.29 is 0 Å². The molecule has 1 aliphatic rings. The minimum Gasteiger partial charge on any atom is -0.309 e. The molecule has 0 amide bonds. The molecule has 0 spiro atoms. The summed E-state index contributed by atoms with van der Waals surface area (Å²) in [5.41, 5.74) is 17.8. The van der Waals surface area contributed by atoms with Crippen molar-refractivity contribution in [3.63, 3.8) is 0 Å². The maximum atomic E-state index is 4.61. The van der Waals surface area contributed by atoms with E-state index in [4.69, 9.17) is 0 Å². The van der Waals surface area contributed by atoms with Crippen molar-refractivity contribution in [2.45, 2.75) is 45.4 Å². The van der Waals surface area contributed by atoms with Gasteiger partial charge in [-0.05, 0) is 117 Å². The lowest BCUT2D eigenvalue weighted by Crippen LogP contribution is -2.11. The van der Waals surface area contributed by atoms with Crippen LogP contribution in [0.2, 0.25) is 0 Å². The zero-order chi connectivity index (χ0) is 40.9. The average molecular weight is 764 g/mol. The third kappa shape index (κ3) is 7.69. The molecule has 0 aliphatic heterocycles. The Bertz CT molecular complexity index is 2760. The predicted octanol–water partition coefficient (Wildman–Crippen LogP) is 15.9. The van der Waals surface area contributed by atoms with Crippen molar-refractivity contribution in [1.82, 2.24) is 4.57 Å². The third-order valence-corrected chi connectivity index (χ3v) is 12.4. The molecular weight excluding hydrogens is 711 g/mol. The maximum absolute atomic E-state index is 4.61. The molecule has 3 atom stereocenters. The summed E-state index contributed by atoms with van der Waals surface area (Å²) in [5, 5.41) is 2.55. The molecule has 0 fully saturated rings. The molecule has 1 aromatic heterocycles. The van der Waals surface area contributed by atoms with Gasteiger partial charge in [-0.1, -0.05) is 184 Å². The van der Waals surface area contributed by atoms with E-state index in [-0.39, 0.29) is 11.8 Å². The topological polar surface area (TPSA) is 4.93 Å². The van der Waals surface area contributed by atoms with Crippen LogP contribution < -0.4 is 0 Å².